The zero-order chi connectivity index (χ0) is 9.26. The Hall–Kier alpha value is -1.29. The third-order valence-electron chi connectivity index (χ3n) is 2.24. The molecule has 1 atom stereocenters. The Kier molecular flexibility index (Phi) is 2.06. The van der Waals surface area contributed by atoms with Crippen LogP contribution in [0.5, 0.6) is 0 Å². The zero-order valence-electron chi connectivity index (χ0n) is 7.35. The highest BCUT2D eigenvalue weighted by Crippen LogP contribution is 2.18. The average Bonchev–Trinajstić information content (AvgIpc) is 2.52. The Morgan fingerprint density at radius 2 is 2.38 bits per heavy atom. The minimum atomic E-state index is -0.219. The molecule has 0 spiro atoms. The first-order valence-corrected chi connectivity index (χ1v) is 4.41. The second kappa shape index (κ2) is 3.22. The second-order valence-corrected chi connectivity index (χ2v) is 3.31. The molecule has 1 unspecified atom stereocenters. The number of aromatic nitrogens is 1. The molecule has 1 aromatic heterocycles. The van der Waals surface area contributed by atoms with Crippen LogP contribution in [-0.4, -0.2) is 29.3 Å². The smallest absolute Gasteiger partial charge is 0.131 e. The first kappa shape index (κ1) is 8.31. The van der Waals surface area contributed by atoms with Crippen LogP contribution < -0.4 is 10.6 Å². The maximum atomic E-state index is 9.33. The first-order chi connectivity index (χ1) is 6.25. The van der Waals surface area contributed by atoms with Crippen molar-refractivity contribution >= 4 is 11.6 Å². The summed E-state index contributed by atoms with van der Waals surface area (Å²) in [5.74, 6) is 1.38. The lowest BCUT2D eigenvalue weighted by molar-refractivity contribution is 0.198. The van der Waals surface area contributed by atoms with Crippen LogP contribution in [0.15, 0.2) is 18.2 Å². The van der Waals surface area contributed by atoms with Crippen molar-refractivity contribution in [3.8, 4) is 0 Å². The summed E-state index contributed by atoms with van der Waals surface area (Å²) in [7, 11) is 0. The largest absolute Gasteiger partial charge is 0.391 e. The number of β-amino-alcohol motifs (C(OH)–C–C–N with tert-alkyl or cyclic N) is 1. The van der Waals surface area contributed by atoms with Gasteiger partial charge in [0.1, 0.15) is 11.6 Å². The van der Waals surface area contributed by atoms with Gasteiger partial charge in [-0.25, -0.2) is 4.98 Å². The quantitative estimate of drug-likeness (QED) is 0.648. The summed E-state index contributed by atoms with van der Waals surface area (Å²) in [5, 5.41) is 9.33. The highest BCUT2D eigenvalue weighted by molar-refractivity contribution is 5.45. The molecule has 2 rings (SSSR count). The maximum Gasteiger partial charge on any atom is 0.131 e. The molecule has 2 heterocycles. The molecule has 1 fully saturated rings. The summed E-state index contributed by atoms with van der Waals surface area (Å²) in [4.78, 5) is 6.22. The van der Waals surface area contributed by atoms with Crippen LogP contribution in [0.4, 0.5) is 11.6 Å². The normalized spacial score (nSPS) is 22.2. The van der Waals surface area contributed by atoms with Crippen LogP contribution in [0.1, 0.15) is 6.42 Å². The molecule has 1 saturated heterocycles. The van der Waals surface area contributed by atoms with Gasteiger partial charge in [-0.05, 0) is 18.6 Å². The maximum absolute atomic E-state index is 9.33. The third kappa shape index (κ3) is 1.72. The van der Waals surface area contributed by atoms with Crippen LogP contribution in [0.3, 0.4) is 0 Å². The minimum absolute atomic E-state index is 0.219. The van der Waals surface area contributed by atoms with Crippen LogP contribution in [-0.2, 0) is 0 Å². The van der Waals surface area contributed by atoms with Gasteiger partial charge in [-0.3, -0.25) is 0 Å². The van der Waals surface area contributed by atoms with E-state index in [1.165, 1.54) is 0 Å². The molecule has 0 aromatic carbocycles. The first-order valence-electron chi connectivity index (χ1n) is 4.41. The van der Waals surface area contributed by atoms with Crippen LogP contribution in [0, 0.1) is 0 Å². The fourth-order valence-electron chi connectivity index (χ4n) is 1.57. The van der Waals surface area contributed by atoms with E-state index in [1.807, 2.05) is 17.0 Å². The van der Waals surface area contributed by atoms with E-state index in [9.17, 15) is 5.11 Å². The van der Waals surface area contributed by atoms with Crippen LogP contribution >= 0.6 is 0 Å². The number of nitrogen functional groups attached to an aromatic ring is 1. The number of rotatable bonds is 1. The molecule has 0 saturated carbocycles. The van der Waals surface area contributed by atoms with Gasteiger partial charge in [-0.2, -0.15) is 0 Å². The predicted molar refractivity (Wildman–Crippen MR) is 51.5 cm³/mol. The van der Waals surface area contributed by atoms with Gasteiger partial charge in [0.2, 0.25) is 0 Å². The molecule has 13 heavy (non-hydrogen) atoms. The van der Waals surface area contributed by atoms with E-state index < -0.39 is 0 Å². The van der Waals surface area contributed by atoms with Crippen LogP contribution in [0.2, 0.25) is 0 Å². The fraction of sp³-hybridized carbons (Fsp3) is 0.444. The highest BCUT2D eigenvalue weighted by atomic mass is 16.3. The molecule has 4 heteroatoms. The van der Waals surface area contributed by atoms with Crippen molar-refractivity contribution in [2.75, 3.05) is 23.7 Å². The Balaban J connectivity index is 2.16. The number of hydrogen-bond donors (Lipinski definition) is 2. The summed E-state index contributed by atoms with van der Waals surface area (Å²) in [6, 6.07) is 5.55. The van der Waals surface area contributed by atoms with Gasteiger partial charge in [0.15, 0.2) is 0 Å². The van der Waals surface area contributed by atoms with E-state index in [0.717, 1.165) is 18.8 Å². The lowest BCUT2D eigenvalue weighted by Gasteiger charge is -2.16. The summed E-state index contributed by atoms with van der Waals surface area (Å²) < 4.78 is 0. The minimum Gasteiger partial charge on any atom is -0.391 e. The Morgan fingerprint density at radius 1 is 1.54 bits per heavy atom. The molecule has 1 aliphatic rings. The topological polar surface area (TPSA) is 62.4 Å². The molecule has 4 nitrogen and oxygen atoms in total. The van der Waals surface area contributed by atoms with Gasteiger partial charge in [-0.15, -0.1) is 0 Å². The van der Waals surface area contributed by atoms with Crippen LogP contribution in [0.25, 0.3) is 0 Å². The molecule has 3 N–H and O–H groups in total. The van der Waals surface area contributed by atoms with E-state index in [4.69, 9.17) is 5.73 Å². The third-order valence-corrected chi connectivity index (χ3v) is 2.24. The lowest BCUT2D eigenvalue weighted by Crippen LogP contribution is -2.22. The van der Waals surface area contributed by atoms with E-state index in [0.29, 0.717) is 12.4 Å². The van der Waals surface area contributed by atoms with Gasteiger partial charge in [0.25, 0.3) is 0 Å². The van der Waals surface area contributed by atoms with E-state index in [1.54, 1.807) is 6.07 Å². The molecule has 70 valence electrons. The predicted octanol–water partition coefficient (Wildman–Crippen LogP) is 0.235. The van der Waals surface area contributed by atoms with Crippen molar-refractivity contribution in [2.45, 2.75) is 12.5 Å². The van der Waals surface area contributed by atoms with Crippen molar-refractivity contribution in [2.24, 2.45) is 0 Å². The Labute approximate surface area is 77.0 Å². The average molecular weight is 179 g/mol. The van der Waals surface area contributed by atoms with E-state index >= 15 is 0 Å². The molecule has 0 bridgehead atoms. The summed E-state index contributed by atoms with van der Waals surface area (Å²) >= 11 is 0. The molecular formula is C9H13N3O. The molecule has 1 aromatic rings. The van der Waals surface area contributed by atoms with Crippen molar-refractivity contribution in [3.63, 3.8) is 0 Å². The fourth-order valence-corrected chi connectivity index (χ4v) is 1.57. The van der Waals surface area contributed by atoms with E-state index in [2.05, 4.69) is 4.98 Å². The van der Waals surface area contributed by atoms with Crippen molar-refractivity contribution in [3.05, 3.63) is 18.2 Å². The van der Waals surface area contributed by atoms with Crippen molar-refractivity contribution in [1.82, 2.24) is 4.98 Å². The van der Waals surface area contributed by atoms with Crippen molar-refractivity contribution < 1.29 is 5.11 Å². The number of pyridine rings is 1. The van der Waals surface area contributed by atoms with Gasteiger partial charge in [0, 0.05) is 13.1 Å². The molecular weight excluding hydrogens is 166 g/mol. The number of aliphatic hydroxyl groups excluding tert-OH is 1. The highest BCUT2D eigenvalue weighted by Gasteiger charge is 2.20. The molecule has 0 radical (unpaired) electrons. The number of anilines is 2. The standard InChI is InChI=1S/C9H13N3O/c10-8-2-1-3-9(11-8)12-5-4-7(13)6-12/h1-3,7,13H,4-6H2,(H2,10,11). The monoisotopic (exact) mass is 179 g/mol. The number of aliphatic hydroxyl groups is 1. The molecule has 0 amide bonds. The SMILES string of the molecule is Nc1cccc(N2CCC(O)C2)n1. The second-order valence-electron chi connectivity index (χ2n) is 3.31. The zero-order valence-corrected chi connectivity index (χ0v) is 7.35. The number of nitrogens with two attached hydrogens (primary N) is 1. The van der Waals surface area contributed by atoms with Crippen molar-refractivity contribution in [1.29, 1.82) is 0 Å². The molecule has 1 aliphatic heterocycles. The number of hydrogen-bond acceptors (Lipinski definition) is 4. The summed E-state index contributed by atoms with van der Waals surface area (Å²) in [6.07, 6.45) is 0.597. The summed E-state index contributed by atoms with van der Waals surface area (Å²) in [5.41, 5.74) is 5.56. The van der Waals surface area contributed by atoms with Gasteiger partial charge in [0.05, 0.1) is 6.10 Å². The Bertz CT molecular complexity index is 303. The van der Waals surface area contributed by atoms with Gasteiger partial charge >= 0.3 is 0 Å². The van der Waals surface area contributed by atoms with Gasteiger partial charge < -0.3 is 15.7 Å². The van der Waals surface area contributed by atoms with Gasteiger partial charge in [-0.1, -0.05) is 6.07 Å². The Morgan fingerprint density at radius 3 is 3.00 bits per heavy atom. The van der Waals surface area contributed by atoms with E-state index in [-0.39, 0.29) is 6.10 Å². The molecule has 0 aliphatic carbocycles. The summed E-state index contributed by atoms with van der Waals surface area (Å²) in [6.45, 7) is 1.52. The lowest BCUT2D eigenvalue weighted by atomic mass is 10.3. The number of nitrogens with zero attached hydrogens (tertiary/aromatic N) is 2.